The highest BCUT2D eigenvalue weighted by molar-refractivity contribution is 9.10. The summed E-state index contributed by atoms with van der Waals surface area (Å²) in [6, 6.07) is -2.22. The molecule has 0 atom stereocenters. The summed E-state index contributed by atoms with van der Waals surface area (Å²) >= 11 is 2.82. The van der Waals surface area contributed by atoms with E-state index in [9.17, 15) is 0 Å². The van der Waals surface area contributed by atoms with Gasteiger partial charge in [-0.05, 0) is 47.1 Å². The highest BCUT2D eigenvalue weighted by Crippen LogP contribution is 2.19. The Labute approximate surface area is 105 Å². The van der Waals surface area contributed by atoms with E-state index in [0.29, 0.717) is 0 Å². The predicted octanol–water partition coefficient (Wildman–Crippen LogP) is 2.83. The third kappa shape index (κ3) is 2.21. The number of hydrogen-bond acceptors (Lipinski definition) is 2. The molecule has 2 nitrogen and oxygen atoms in total. The molecule has 0 unspecified atom stereocenters. The van der Waals surface area contributed by atoms with Crippen molar-refractivity contribution in [3.05, 3.63) is 22.7 Å². The molecule has 2 rings (SSSR count). The molecule has 2 heterocycles. The van der Waals surface area contributed by atoms with Crippen LogP contribution in [0.5, 0.6) is 0 Å². The predicted molar refractivity (Wildman–Crippen MR) is 58.0 cm³/mol. The van der Waals surface area contributed by atoms with Gasteiger partial charge in [0.1, 0.15) is 10.4 Å². The summed E-state index contributed by atoms with van der Waals surface area (Å²) in [7, 11) is 0. The minimum Gasteiger partial charge on any atom is -0.357 e. The maximum atomic E-state index is 8.03. The van der Waals surface area contributed by atoms with Crippen molar-refractivity contribution in [2.75, 3.05) is 17.9 Å². The minimum atomic E-state index is -3.58. The Bertz CT molecular complexity index is 732. The molecule has 1 aromatic heterocycles. The van der Waals surface area contributed by atoms with Gasteiger partial charge in [-0.25, -0.2) is 4.98 Å². The van der Waals surface area contributed by atoms with Crippen molar-refractivity contribution in [2.45, 2.75) is 19.1 Å². The minimum absolute atomic E-state index is 0.0914. The van der Waals surface area contributed by atoms with Gasteiger partial charge in [0, 0.05) is 26.7 Å². The Morgan fingerprint density at radius 1 is 1.38 bits per heavy atom. The molecule has 0 spiro atoms. The van der Waals surface area contributed by atoms with Crippen molar-refractivity contribution < 1.29 is 17.8 Å². The molecule has 1 aromatic rings. The lowest BCUT2D eigenvalue weighted by atomic mass is 10.1. The fourth-order valence-corrected chi connectivity index (χ4v) is 0.993. The van der Waals surface area contributed by atoms with Gasteiger partial charge in [-0.1, -0.05) is 6.04 Å². The topological polar surface area (TPSA) is 16.1 Å². The first-order valence-corrected chi connectivity index (χ1v) is 4.10. The second kappa shape index (κ2) is 4.09. The zero-order chi connectivity index (χ0) is 20.7. The van der Waals surface area contributed by atoms with Crippen molar-refractivity contribution in [2.24, 2.45) is 0 Å². The van der Waals surface area contributed by atoms with Crippen LogP contribution in [0, 0.1) is 0 Å². The number of piperidine rings is 1. The van der Waals surface area contributed by atoms with Gasteiger partial charge in [-0.3, -0.25) is 0 Å². The highest BCUT2D eigenvalue weighted by atomic mass is 79.9. The Morgan fingerprint density at radius 2 is 2.15 bits per heavy atom. The molecular weight excluding hydrogens is 228 g/mol. The smallest absolute Gasteiger partial charge is 0.129 e. The lowest BCUT2D eigenvalue weighted by Crippen LogP contribution is -2.30. The van der Waals surface area contributed by atoms with E-state index in [2.05, 4.69) is 20.9 Å². The van der Waals surface area contributed by atoms with Gasteiger partial charge < -0.3 is 4.90 Å². The molecule has 1 aliphatic heterocycles. The van der Waals surface area contributed by atoms with Crippen LogP contribution in [-0.2, 0) is 0 Å². The van der Waals surface area contributed by atoms with E-state index in [0.717, 1.165) is 0 Å². The van der Waals surface area contributed by atoms with E-state index in [-0.39, 0.29) is 9.50 Å². The number of hydrogen-bond donors (Lipinski definition) is 0. The summed E-state index contributed by atoms with van der Waals surface area (Å²) in [4.78, 5) is 3.55. The summed E-state index contributed by atoms with van der Waals surface area (Å²) in [5, 5.41) is 0. The Kier molecular flexibility index (Phi) is 0.732. The van der Waals surface area contributed by atoms with Crippen LogP contribution < -0.4 is 4.90 Å². The summed E-state index contributed by atoms with van der Waals surface area (Å²) in [5.74, 6) is -0.920. The average molecular weight is 254 g/mol. The number of aromatic nitrogens is 1. The molecule has 1 fully saturated rings. The van der Waals surface area contributed by atoms with Gasteiger partial charge in [0.05, 0.1) is 4.11 Å². The van der Waals surface area contributed by atoms with Crippen LogP contribution in [0.4, 0.5) is 5.82 Å². The summed E-state index contributed by atoms with van der Waals surface area (Å²) < 4.78 is 102. The van der Waals surface area contributed by atoms with Gasteiger partial charge in [0.2, 0.25) is 0 Å². The first kappa shape index (κ1) is 2.32. The molecule has 1 saturated heterocycles. The Morgan fingerprint density at radius 3 is 2.92 bits per heavy atom. The molecule has 0 radical (unpaired) electrons. The van der Waals surface area contributed by atoms with Crippen LogP contribution in [0.1, 0.15) is 36.9 Å². The van der Waals surface area contributed by atoms with Crippen LogP contribution in [-0.4, -0.2) is 18.0 Å². The molecule has 0 amide bonds. The third-order valence-electron chi connectivity index (χ3n) is 1.22. The molecule has 0 aliphatic carbocycles. The molecule has 0 aromatic carbocycles. The van der Waals surface area contributed by atoms with Crippen molar-refractivity contribution >= 4 is 21.7 Å². The lowest BCUT2D eigenvalue weighted by molar-refractivity contribution is 0.573. The summed E-state index contributed by atoms with van der Waals surface area (Å²) in [6.45, 7) is -6.96. The van der Waals surface area contributed by atoms with Crippen LogP contribution in [0.3, 0.4) is 0 Å². The number of pyridine rings is 1. The molecule has 0 bridgehead atoms. The lowest BCUT2D eigenvalue weighted by Gasteiger charge is -2.27. The van der Waals surface area contributed by atoms with Gasteiger partial charge in [-0.15, -0.1) is 0 Å². The molecular formula is C10H13BrN2. The van der Waals surface area contributed by atoms with E-state index in [1.807, 2.05) is 0 Å². The van der Waals surface area contributed by atoms with Crippen LogP contribution in [0.25, 0.3) is 0 Å². The largest absolute Gasteiger partial charge is 0.357 e. The van der Waals surface area contributed by atoms with Crippen molar-refractivity contribution in [3.63, 3.8) is 0 Å². The quantitative estimate of drug-likeness (QED) is 0.716. The van der Waals surface area contributed by atoms with Crippen molar-refractivity contribution in [1.29, 1.82) is 0 Å². The van der Waals surface area contributed by atoms with Gasteiger partial charge in [-0.2, -0.15) is 0 Å². The van der Waals surface area contributed by atoms with Crippen molar-refractivity contribution in [1.82, 2.24) is 4.98 Å². The fraction of sp³-hybridized carbons (Fsp3) is 0.500. The molecule has 13 heavy (non-hydrogen) atoms. The first-order chi connectivity index (χ1) is 11.4. The molecule has 0 saturated carbocycles. The van der Waals surface area contributed by atoms with Gasteiger partial charge >= 0.3 is 0 Å². The van der Waals surface area contributed by atoms with Gasteiger partial charge in [0.25, 0.3) is 0 Å². The summed E-state index contributed by atoms with van der Waals surface area (Å²) in [5.41, 5.74) is 0. The maximum Gasteiger partial charge on any atom is 0.129 e. The second-order valence-corrected chi connectivity index (χ2v) is 2.79. The van der Waals surface area contributed by atoms with Gasteiger partial charge in [0.15, 0.2) is 0 Å². The van der Waals surface area contributed by atoms with E-state index >= 15 is 0 Å². The van der Waals surface area contributed by atoms with Crippen LogP contribution in [0.2, 0.25) is 0 Å². The van der Waals surface area contributed by atoms with Crippen LogP contribution >= 0.6 is 15.9 Å². The number of halogens is 1. The zero-order valence-corrected chi connectivity index (χ0v) is 7.86. The number of nitrogens with zero attached hydrogens (tertiary/aromatic N) is 2. The SMILES string of the molecule is [2H]c1c(Br)nc(N2C([2H])([2H])C([2H])([2H])C([2H])([2H])C([2H])([2H])C2([2H])[2H])c([2H])c1[2H]. The average Bonchev–Trinajstić information content (AvgIpc) is 2.48. The van der Waals surface area contributed by atoms with E-state index in [1.54, 1.807) is 0 Å². The van der Waals surface area contributed by atoms with Crippen LogP contribution in [0.15, 0.2) is 22.7 Å². The third-order valence-corrected chi connectivity index (χ3v) is 1.59. The number of rotatable bonds is 1. The Hall–Kier alpha value is -0.570. The molecule has 1 aliphatic rings. The second-order valence-electron chi connectivity index (χ2n) is 2.04. The van der Waals surface area contributed by atoms with E-state index in [1.165, 1.54) is 0 Å². The molecule has 3 heteroatoms. The fourth-order valence-electron chi connectivity index (χ4n) is 0.726. The first-order valence-electron chi connectivity index (χ1n) is 9.81. The highest BCUT2D eigenvalue weighted by Gasteiger charge is 2.11. The monoisotopic (exact) mass is 253 g/mol. The Balaban J connectivity index is 2.92. The maximum absolute atomic E-state index is 8.03. The summed E-state index contributed by atoms with van der Waals surface area (Å²) in [6.07, 6.45) is -10.7. The normalized spacial score (nSPS) is 51.5. The van der Waals surface area contributed by atoms with E-state index in [4.69, 9.17) is 17.8 Å². The molecule has 0 N–H and O–H groups in total. The molecule has 70 valence electrons. The zero-order valence-electron chi connectivity index (χ0n) is 19.3. The standard InChI is InChI=1S/C10H13BrN2/c11-9-5-4-6-10(12-9)13-7-2-1-3-8-13/h4-6H,1-3,7-8H2/i1D2,2D2,3D2,4D,5D,6D,7D2,8D2. The van der Waals surface area contributed by atoms with E-state index < -0.39 is 56.1 Å². The number of anilines is 1. The van der Waals surface area contributed by atoms with Crippen molar-refractivity contribution in [3.8, 4) is 0 Å².